The molecule has 0 aromatic rings. The fourth-order valence-electron chi connectivity index (χ4n) is 2.86. The van der Waals surface area contributed by atoms with Gasteiger partial charge in [0.05, 0.1) is 5.92 Å². The summed E-state index contributed by atoms with van der Waals surface area (Å²) in [6.45, 7) is 6.45. The SMILES string of the molecule is CC(C)CC(CN)C(=O)NC1(C(=O)O)CCC(C)CC1. The van der Waals surface area contributed by atoms with E-state index in [1.807, 2.05) is 13.8 Å². The number of carboxylic acid groups (broad SMARTS) is 1. The number of carbonyl (C=O) groups excluding carboxylic acids is 1. The van der Waals surface area contributed by atoms with E-state index in [1.54, 1.807) is 0 Å². The van der Waals surface area contributed by atoms with Gasteiger partial charge in [0.15, 0.2) is 0 Å². The Kier molecular flexibility index (Phi) is 5.99. The van der Waals surface area contributed by atoms with Gasteiger partial charge in [-0.3, -0.25) is 4.79 Å². The van der Waals surface area contributed by atoms with Crippen LogP contribution in [0, 0.1) is 17.8 Å². The first-order valence-electron chi connectivity index (χ1n) is 7.56. The Morgan fingerprint density at radius 3 is 2.30 bits per heavy atom. The lowest BCUT2D eigenvalue weighted by molar-refractivity contribution is -0.150. The van der Waals surface area contributed by atoms with E-state index in [-0.39, 0.29) is 18.4 Å². The van der Waals surface area contributed by atoms with E-state index < -0.39 is 11.5 Å². The van der Waals surface area contributed by atoms with Gasteiger partial charge in [-0.1, -0.05) is 20.8 Å². The molecule has 1 unspecified atom stereocenters. The van der Waals surface area contributed by atoms with Gasteiger partial charge in [-0.05, 0) is 43.9 Å². The molecule has 0 aromatic carbocycles. The van der Waals surface area contributed by atoms with Crippen molar-refractivity contribution in [3.63, 3.8) is 0 Å². The average Bonchev–Trinajstić information content (AvgIpc) is 2.38. The van der Waals surface area contributed by atoms with Crippen LogP contribution in [0.25, 0.3) is 0 Å². The highest BCUT2D eigenvalue weighted by Gasteiger charge is 2.43. The zero-order chi connectivity index (χ0) is 15.3. The van der Waals surface area contributed by atoms with Crippen molar-refractivity contribution in [2.24, 2.45) is 23.5 Å². The highest BCUT2D eigenvalue weighted by Crippen LogP contribution is 2.32. The van der Waals surface area contributed by atoms with Crippen molar-refractivity contribution in [1.29, 1.82) is 0 Å². The predicted octanol–water partition coefficient (Wildman–Crippen LogP) is 1.76. The van der Waals surface area contributed by atoms with Crippen LogP contribution in [0.15, 0.2) is 0 Å². The van der Waals surface area contributed by atoms with Gasteiger partial charge in [-0.15, -0.1) is 0 Å². The molecule has 116 valence electrons. The number of nitrogens with two attached hydrogens (primary N) is 1. The van der Waals surface area contributed by atoms with E-state index in [0.717, 1.165) is 12.8 Å². The molecule has 20 heavy (non-hydrogen) atoms. The van der Waals surface area contributed by atoms with Gasteiger partial charge in [0.1, 0.15) is 5.54 Å². The molecule has 0 heterocycles. The summed E-state index contributed by atoms with van der Waals surface area (Å²) in [7, 11) is 0. The standard InChI is InChI=1S/C15H28N2O3/c1-10(2)8-12(9-16)13(18)17-15(14(19)20)6-4-11(3)5-7-15/h10-12H,4-9,16H2,1-3H3,(H,17,18)(H,19,20). The highest BCUT2D eigenvalue weighted by molar-refractivity contribution is 5.88. The van der Waals surface area contributed by atoms with Gasteiger partial charge in [-0.2, -0.15) is 0 Å². The minimum atomic E-state index is -1.09. The third-order valence-electron chi connectivity index (χ3n) is 4.31. The van der Waals surface area contributed by atoms with E-state index in [9.17, 15) is 14.7 Å². The molecule has 0 bridgehead atoms. The van der Waals surface area contributed by atoms with Crippen molar-refractivity contribution in [3.8, 4) is 0 Å². The maximum Gasteiger partial charge on any atom is 0.329 e. The Labute approximate surface area is 121 Å². The highest BCUT2D eigenvalue weighted by atomic mass is 16.4. The number of carboxylic acids is 1. The van der Waals surface area contributed by atoms with Crippen LogP contribution >= 0.6 is 0 Å². The van der Waals surface area contributed by atoms with Crippen molar-refractivity contribution in [3.05, 3.63) is 0 Å². The third kappa shape index (κ3) is 4.20. The Balaban J connectivity index is 2.75. The van der Waals surface area contributed by atoms with Gasteiger partial charge < -0.3 is 16.2 Å². The first kappa shape index (κ1) is 17.0. The minimum absolute atomic E-state index is 0.210. The van der Waals surface area contributed by atoms with Crippen LogP contribution in [0.5, 0.6) is 0 Å². The smallest absolute Gasteiger partial charge is 0.329 e. The van der Waals surface area contributed by atoms with Crippen LogP contribution < -0.4 is 11.1 Å². The number of hydrogen-bond acceptors (Lipinski definition) is 3. The summed E-state index contributed by atoms with van der Waals surface area (Å²) >= 11 is 0. The lowest BCUT2D eigenvalue weighted by Gasteiger charge is -2.37. The maximum atomic E-state index is 12.3. The second-order valence-corrected chi connectivity index (χ2v) is 6.62. The second kappa shape index (κ2) is 7.07. The molecule has 1 aliphatic rings. The first-order valence-corrected chi connectivity index (χ1v) is 7.56. The molecule has 0 spiro atoms. The average molecular weight is 284 g/mol. The number of aliphatic carboxylic acids is 1. The van der Waals surface area contributed by atoms with Crippen LogP contribution in [0.2, 0.25) is 0 Å². The van der Waals surface area contributed by atoms with Gasteiger partial charge in [-0.25, -0.2) is 4.79 Å². The molecule has 5 heteroatoms. The summed E-state index contributed by atoms with van der Waals surface area (Å²) in [6.07, 6.45) is 3.38. The molecule has 1 atom stereocenters. The molecule has 1 aliphatic carbocycles. The molecular formula is C15H28N2O3. The molecule has 1 fully saturated rings. The number of nitrogens with one attached hydrogen (secondary N) is 1. The summed E-state index contributed by atoms with van der Waals surface area (Å²) in [5.41, 5.74) is 4.57. The van der Waals surface area contributed by atoms with Crippen LogP contribution in [0.1, 0.15) is 52.9 Å². The molecule has 0 aliphatic heterocycles. The quantitative estimate of drug-likeness (QED) is 0.693. The molecule has 1 amide bonds. The lowest BCUT2D eigenvalue weighted by Crippen LogP contribution is -2.58. The minimum Gasteiger partial charge on any atom is -0.480 e. The van der Waals surface area contributed by atoms with Crippen molar-refractivity contribution in [2.75, 3.05) is 6.54 Å². The summed E-state index contributed by atoms with van der Waals surface area (Å²) in [4.78, 5) is 23.9. The summed E-state index contributed by atoms with van der Waals surface area (Å²) in [6, 6.07) is 0. The van der Waals surface area contributed by atoms with Crippen LogP contribution in [0.4, 0.5) is 0 Å². The van der Waals surface area contributed by atoms with Crippen LogP contribution in [-0.4, -0.2) is 29.1 Å². The van der Waals surface area contributed by atoms with Crippen molar-refractivity contribution < 1.29 is 14.7 Å². The fourth-order valence-corrected chi connectivity index (χ4v) is 2.86. The largest absolute Gasteiger partial charge is 0.480 e. The second-order valence-electron chi connectivity index (χ2n) is 6.62. The zero-order valence-electron chi connectivity index (χ0n) is 12.8. The molecule has 0 saturated heterocycles. The van der Waals surface area contributed by atoms with E-state index in [1.165, 1.54) is 0 Å². The number of rotatable bonds is 6. The van der Waals surface area contributed by atoms with Gasteiger partial charge in [0, 0.05) is 6.54 Å². The lowest BCUT2D eigenvalue weighted by atomic mass is 9.76. The summed E-state index contributed by atoms with van der Waals surface area (Å²) in [5, 5.41) is 12.3. The summed E-state index contributed by atoms with van der Waals surface area (Å²) < 4.78 is 0. The topological polar surface area (TPSA) is 92.4 Å². The molecule has 1 saturated carbocycles. The Bertz CT molecular complexity index is 347. The van der Waals surface area contributed by atoms with Gasteiger partial charge >= 0.3 is 5.97 Å². The van der Waals surface area contributed by atoms with Crippen LogP contribution in [-0.2, 0) is 9.59 Å². The van der Waals surface area contributed by atoms with Gasteiger partial charge in [0.2, 0.25) is 5.91 Å². The maximum absolute atomic E-state index is 12.3. The van der Waals surface area contributed by atoms with E-state index >= 15 is 0 Å². The van der Waals surface area contributed by atoms with E-state index in [0.29, 0.717) is 31.1 Å². The number of amides is 1. The van der Waals surface area contributed by atoms with Gasteiger partial charge in [0.25, 0.3) is 0 Å². The number of hydrogen-bond donors (Lipinski definition) is 3. The molecule has 5 nitrogen and oxygen atoms in total. The Morgan fingerprint density at radius 1 is 1.35 bits per heavy atom. The van der Waals surface area contributed by atoms with E-state index in [2.05, 4.69) is 12.2 Å². The number of carbonyl (C=O) groups is 2. The molecular weight excluding hydrogens is 256 g/mol. The Hall–Kier alpha value is -1.10. The van der Waals surface area contributed by atoms with Crippen molar-refractivity contribution in [1.82, 2.24) is 5.32 Å². The fraction of sp³-hybridized carbons (Fsp3) is 0.867. The normalized spacial score (nSPS) is 28.1. The van der Waals surface area contributed by atoms with Crippen molar-refractivity contribution in [2.45, 2.75) is 58.4 Å². The third-order valence-corrected chi connectivity index (χ3v) is 4.31. The molecule has 4 N–H and O–H groups in total. The molecule has 1 rings (SSSR count). The zero-order valence-corrected chi connectivity index (χ0v) is 12.8. The van der Waals surface area contributed by atoms with Crippen molar-refractivity contribution >= 4 is 11.9 Å². The summed E-state index contributed by atoms with van der Waals surface area (Å²) in [5.74, 6) is -0.538. The molecule has 0 radical (unpaired) electrons. The molecule has 0 aromatic heterocycles. The first-order chi connectivity index (χ1) is 9.30. The Morgan fingerprint density at radius 2 is 1.90 bits per heavy atom. The monoisotopic (exact) mass is 284 g/mol. The van der Waals surface area contributed by atoms with Crippen LogP contribution in [0.3, 0.4) is 0 Å². The van der Waals surface area contributed by atoms with E-state index in [4.69, 9.17) is 5.73 Å². The predicted molar refractivity (Wildman–Crippen MR) is 78.1 cm³/mol.